The van der Waals surface area contributed by atoms with Crippen LogP contribution in [0.15, 0.2) is 36.5 Å². The highest BCUT2D eigenvalue weighted by atomic mass is 31.2. The summed E-state index contributed by atoms with van der Waals surface area (Å²) in [7, 11) is -4.42. The monoisotopic (exact) mass is 938 g/mol. The Balaban J connectivity index is 3.52. The highest BCUT2D eigenvalue weighted by Crippen LogP contribution is 2.42. The lowest BCUT2D eigenvalue weighted by atomic mass is 10.0. The van der Waals surface area contributed by atoms with Crippen molar-refractivity contribution in [3.63, 3.8) is 0 Å². The molecule has 0 aliphatic carbocycles. The van der Waals surface area contributed by atoms with E-state index in [2.05, 4.69) is 55.6 Å². The molecule has 0 heterocycles. The Kier molecular flexibility index (Phi) is 50.2. The van der Waals surface area contributed by atoms with Crippen LogP contribution in [0.2, 0.25) is 0 Å². The summed E-state index contributed by atoms with van der Waals surface area (Å²) in [4.78, 5) is 34.1. The molecule has 2 unspecified atom stereocenters. The van der Waals surface area contributed by atoms with Crippen LogP contribution in [0.3, 0.4) is 0 Å². The van der Waals surface area contributed by atoms with E-state index < -0.39 is 26.5 Å². The van der Waals surface area contributed by atoms with Crippen LogP contribution in [0, 0.1) is 0 Å². The van der Waals surface area contributed by atoms with E-state index in [0.717, 1.165) is 44.9 Å². The topological polar surface area (TPSA) is 131 Å². The van der Waals surface area contributed by atoms with Crippen LogP contribution in [0.1, 0.15) is 271 Å². The summed E-state index contributed by atoms with van der Waals surface area (Å²) in [5.74, 6) is -0.508. The molecule has 10 heteroatoms. The van der Waals surface area contributed by atoms with Gasteiger partial charge in [-0.2, -0.15) is 0 Å². The number of phosphoric acid groups is 1. The molecule has 0 aromatic rings. The Morgan fingerprint density at radius 2 is 0.831 bits per heavy atom. The molecule has 1 amide bonds. The molecule has 65 heavy (non-hydrogen) atoms. The van der Waals surface area contributed by atoms with E-state index in [1.54, 1.807) is 0 Å². The summed E-state index contributed by atoms with van der Waals surface area (Å²) in [6, 6.07) is 0. The van der Waals surface area contributed by atoms with Gasteiger partial charge in [-0.3, -0.25) is 18.6 Å². The van der Waals surface area contributed by atoms with Crippen molar-refractivity contribution >= 4 is 19.7 Å². The number of hydrogen-bond acceptors (Lipinski definition) is 7. The lowest BCUT2D eigenvalue weighted by molar-refractivity contribution is -0.147. The van der Waals surface area contributed by atoms with Crippen LogP contribution in [0.4, 0.5) is 0 Å². The maximum absolute atomic E-state index is 12.2. The predicted octanol–water partition coefficient (Wildman–Crippen LogP) is 16.5. The van der Waals surface area contributed by atoms with E-state index in [4.69, 9.17) is 13.8 Å². The first-order valence-electron chi connectivity index (χ1n) is 27.5. The Morgan fingerprint density at radius 3 is 1.28 bits per heavy atom. The van der Waals surface area contributed by atoms with Gasteiger partial charge in [0.1, 0.15) is 12.7 Å². The van der Waals surface area contributed by atoms with E-state index in [9.17, 15) is 24.2 Å². The number of hydrogen-bond donors (Lipinski definition) is 3. The number of rotatable bonds is 52. The largest absolute Gasteiger partial charge is 0.472 e. The van der Waals surface area contributed by atoms with Gasteiger partial charge in [0, 0.05) is 19.4 Å². The minimum atomic E-state index is -4.42. The zero-order valence-electron chi connectivity index (χ0n) is 42.4. The zero-order valence-corrected chi connectivity index (χ0v) is 43.3. The van der Waals surface area contributed by atoms with Crippen molar-refractivity contribution in [2.24, 2.45) is 0 Å². The van der Waals surface area contributed by atoms with Gasteiger partial charge in [-0.1, -0.05) is 224 Å². The molecule has 0 saturated carbocycles. The van der Waals surface area contributed by atoms with Gasteiger partial charge in [0.2, 0.25) is 5.91 Å². The maximum atomic E-state index is 12.2. The summed E-state index contributed by atoms with van der Waals surface area (Å²) < 4.78 is 27.0. The summed E-state index contributed by atoms with van der Waals surface area (Å²) >= 11 is 0. The number of phosphoric ester groups is 1. The van der Waals surface area contributed by atoms with Gasteiger partial charge in [0.25, 0.3) is 0 Å². The third-order valence-electron chi connectivity index (χ3n) is 12.0. The Morgan fingerprint density at radius 1 is 0.477 bits per heavy atom. The second-order valence-electron chi connectivity index (χ2n) is 18.5. The summed E-state index contributed by atoms with van der Waals surface area (Å²) in [5.41, 5.74) is 0. The number of esters is 1. The average Bonchev–Trinajstić information content (AvgIpc) is 3.29. The zero-order chi connectivity index (χ0) is 47.4. The van der Waals surface area contributed by atoms with Crippen LogP contribution >= 0.6 is 7.82 Å². The third-order valence-corrected chi connectivity index (χ3v) is 13.0. The second kappa shape index (κ2) is 51.6. The summed E-state index contributed by atoms with van der Waals surface area (Å²) in [6.45, 7) is 3.57. The van der Waals surface area contributed by atoms with Crippen LogP contribution in [-0.2, 0) is 27.9 Å². The van der Waals surface area contributed by atoms with Gasteiger partial charge in [-0.25, -0.2) is 4.57 Å². The summed E-state index contributed by atoms with van der Waals surface area (Å²) in [6.07, 6.45) is 60.9. The van der Waals surface area contributed by atoms with E-state index in [-0.39, 0.29) is 32.1 Å². The Labute approximate surface area is 401 Å². The van der Waals surface area contributed by atoms with Crippen molar-refractivity contribution in [2.45, 2.75) is 277 Å². The van der Waals surface area contributed by atoms with Gasteiger partial charge < -0.3 is 20.1 Å². The van der Waals surface area contributed by atoms with Crippen molar-refractivity contribution in [3.05, 3.63) is 36.5 Å². The molecule has 0 aromatic heterocycles. The molecule has 0 aliphatic rings. The number of carbonyl (C=O) groups is 2. The third kappa shape index (κ3) is 53.1. The number of ether oxygens (including phenoxy) is 1. The summed E-state index contributed by atoms with van der Waals surface area (Å²) in [5, 5.41) is 12.8. The van der Waals surface area contributed by atoms with Gasteiger partial charge in [0.05, 0.1) is 13.2 Å². The molecule has 2 atom stereocenters. The number of aliphatic hydroxyl groups is 1. The lowest BCUT2D eigenvalue weighted by Crippen LogP contribution is -2.27. The van der Waals surface area contributed by atoms with Crippen molar-refractivity contribution in [1.82, 2.24) is 5.32 Å². The van der Waals surface area contributed by atoms with Gasteiger partial charge in [0.15, 0.2) is 0 Å². The molecule has 0 rings (SSSR count). The van der Waals surface area contributed by atoms with Crippen LogP contribution < -0.4 is 5.32 Å². The molecule has 0 spiro atoms. The van der Waals surface area contributed by atoms with Gasteiger partial charge >= 0.3 is 13.8 Å². The Hall–Kier alpha value is -1.77. The number of allylic oxidation sites excluding steroid dienone is 6. The quantitative estimate of drug-likeness (QED) is 0.0238. The van der Waals surface area contributed by atoms with Crippen molar-refractivity contribution < 1.29 is 37.9 Å². The first kappa shape index (κ1) is 63.2. The highest BCUT2D eigenvalue weighted by Gasteiger charge is 2.23. The number of unbranched alkanes of at least 4 members (excludes halogenated alkanes) is 33. The smallest absolute Gasteiger partial charge is 0.463 e. The van der Waals surface area contributed by atoms with Crippen molar-refractivity contribution in [1.29, 1.82) is 0 Å². The molecule has 9 nitrogen and oxygen atoms in total. The van der Waals surface area contributed by atoms with Crippen molar-refractivity contribution in [3.8, 4) is 0 Å². The molecular weight excluding hydrogens is 834 g/mol. The minimum Gasteiger partial charge on any atom is -0.463 e. The lowest BCUT2D eigenvalue weighted by Gasteiger charge is -2.15. The SMILES string of the molecule is CCCCC/C=C\C/C=C\CCCCCCCCCCCCCCCC(=O)OCC(O)COP(=O)(O)OCCNC(=O)CCCCCCCCCCCCC/C=C/CCCCCCCC. The fourth-order valence-corrected chi connectivity index (χ4v) is 8.64. The predicted molar refractivity (Wildman–Crippen MR) is 275 cm³/mol. The number of carbonyl (C=O) groups excluding carboxylic acids is 2. The molecule has 0 aromatic carbocycles. The average molecular weight is 938 g/mol. The van der Waals surface area contributed by atoms with Crippen molar-refractivity contribution in [2.75, 3.05) is 26.4 Å². The van der Waals surface area contributed by atoms with Crippen LogP contribution in [0.5, 0.6) is 0 Å². The van der Waals surface area contributed by atoms with Crippen LogP contribution in [-0.4, -0.2) is 54.3 Å². The number of aliphatic hydroxyl groups excluding tert-OH is 1. The van der Waals surface area contributed by atoms with Gasteiger partial charge in [-0.05, 0) is 70.6 Å². The number of nitrogens with one attached hydrogen (secondary N) is 1. The molecule has 0 aliphatic heterocycles. The Bertz CT molecular complexity index is 1160. The molecule has 3 N–H and O–H groups in total. The number of amides is 1. The maximum Gasteiger partial charge on any atom is 0.472 e. The normalized spacial score (nSPS) is 13.4. The molecular formula is C55H104NO8P. The van der Waals surface area contributed by atoms with E-state index in [1.807, 2.05) is 0 Å². The fourth-order valence-electron chi connectivity index (χ4n) is 7.88. The van der Waals surface area contributed by atoms with E-state index >= 15 is 0 Å². The molecule has 382 valence electrons. The van der Waals surface area contributed by atoms with E-state index in [1.165, 1.54) is 199 Å². The standard InChI is InChI=1S/C55H104NO8P/c1-3-5-7-9-11-13-15-17-19-21-23-25-26-28-30-32-34-36-38-40-42-44-46-48-55(59)62-51-53(57)52-64-65(60,61)63-50-49-56-54(58)47-45-43-41-39-37-35-33-31-29-27-24-22-20-18-16-14-12-10-8-6-4-2/h11,13,17-20,53,57H,3-10,12,14-16,21-52H2,1-2H3,(H,56,58)(H,60,61)/b13-11-,19-17-,20-18+. The first-order chi connectivity index (χ1) is 31.8. The second-order valence-corrected chi connectivity index (χ2v) is 20.0. The molecule has 0 fully saturated rings. The fraction of sp³-hybridized carbons (Fsp3) is 0.855. The molecule has 0 saturated heterocycles. The highest BCUT2D eigenvalue weighted by molar-refractivity contribution is 7.47. The minimum absolute atomic E-state index is 0.0832. The van der Waals surface area contributed by atoms with E-state index in [0.29, 0.717) is 6.42 Å². The molecule has 0 radical (unpaired) electrons. The van der Waals surface area contributed by atoms with Crippen LogP contribution in [0.25, 0.3) is 0 Å². The molecule has 0 bridgehead atoms. The first-order valence-corrected chi connectivity index (χ1v) is 29.0. The van der Waals surface area contributed by atoms with Gasteiger partial charge in [-0.15, -0.1) is 0 Å².